The Morgan fingerprint density at radius 1 is 1.44 bits per heavy atom. The lowest BCUT2D eigenvalue weighted by atomic mass is 10.1. The fourth-order valence-corrected chi connectivity index (χ4v) is 1.19. The van der Waals surface area contributed by atoms with E-state index >= 15 is 0 Å². The van der Waals surface area contributed by atoms with Gasteiger partial charge in [-0.3, -0.25) is 4.79 Å². The summed E-state index contributed by atoms with van der Waals surface area (Å²) in [5.41, 5.74) is 0.562. The van der Waals surface area contributed by atoms with E-state index in [-0.39, 0.29) is 12.4 Å². The van der Waals surface area contributed by atoms with E-state index in [4.69, 9.17) is 21.7 Å². The molecule has 0 aliphatic carbocycles. The molecular formula is C12H12ClNO2. The average Bonchev–Trinajstić information content (AvgIpc) is 2.27. The number of hydrogen-bond acceptors (Lipinski definition) is 3. The zero-order valence-corrected chi connectivity index (χ0v) is 9.62. The summed E-state index contributed by atoms with van der Waals surface area (Å²) in [4.78, 5) is 11.6. The fourth-order valence-electron chi connectivity index (χ4n) is 1.06. The van der Waals surface area contributed by atoms with Gasteiger partial charge >= 0.3 is 0 Å². The van der Waals surface area contributed by atoms with Crippen LogP contribution in [0.15, 0.2) is 36.1 Å². The standard InChI is InChI=1S/C12H12ClNO2/c1-9(6-7-14)16-8-12(15)10-2-4-11(13)5-3-10/h2-7,14H,8H2,1H3/b9-6+,14-7?. The molecule has 0 atom stereocenters. The minimum atomic E-state index is -0.116. The van der Waals surface area contributed by atoms with E-state index in [1.165, 1.54) is 6.08 Å². The van der Waals surface area contributed by atoms with E-state index in [0.29, 0.717) is 16.3 Å². The molecule has 1 aromatic carbocycles. The fraction of sp³-hybridized carbons (Fsp3) is 0.167. The highest BCUT2D eigenvalue weighted by Crippen LogP contribution is 2.10. The second kappa shape index (κ2) is 6.08. The third kappa shape index (κ3) is 3.87. The topological polar surface area (TPSA) is 50.1 Å². The van der Waals surface area contributed by atoms with E-state index in [1.54, 1.807) is 31.2 Å². The molecule has 0 amide bonds. The number of benzene rings is 1. The van der Waals surface area contributed by atoms with E-state index in [1.807, 2.05) is 0 Å². The first-order chi connectivity index (χ1) is 7.63. The van der Waals surface area contributed by atoms with Crippen LogP contribution in [0.2, 0.25) is 5.02 Å². The van der Waals surface area contributed by atoms with Crippen molar-refractivity contribution in [2.75, 3.05) is 6.61 Å². The number of ether oxygens (including phenoxy) is 1. The van der Waals surface area contributed by atoms with Crippen LogP contribution in [0.1, 0.15) is 17.3 Å². The molecule has 0 bridgehead atoms. The minimum Gasteiger partial charge on any atom is -0.490 e. The van der Waals surface area contributed by atoms with Crippen molar-refractivity contribution in [3.63, 3.8) is 0 Å². The number of halogens is 1. The first-order valence-electron chi connectivity index (χ1n) is 4.72. The van der Waals surface area contributed by atoms with E-state index in [2.05, 4.69) is 0 Å². The molecular weight excluding hydrogens is 226 g/mol. The zero-order valence-electron chi connectivity index (χ0n) is 8.87. The van der Waals surface area contributed by atoms with Crippen LogP contribution in [0.4, 0.5) is 0 Å². The normalized spacial score (nSPS) is 11.0. The molecule has 0 unspecified atom stereocenters. The van der Waals surface area contributed by atoms with Crippen molar-refractivity contribution in [1.82, 2.24) is 0 Å². The van der Waals surface area contributed by atoms with Gasteiger partial charge < -0.3 is 10.1 Å². The number of nitrogens with one attached hydrogen (secondary N) is 1. The highest BCUT2D eigenvalue weighted by atomic mass is 35.5. The van der Waals surface area contributed by atoms with Crippen LogP contribution in [-0.4, -0.2) is 18.6 Å². The number of hydrogen-bond donors (Lipinski definition) is 1. The van der Waals surface area contributed by atoms with Crippen LogP contribution in [0.3, 0.4) is 0 Å². The number of carbonyl (C=O) groups excluding carboxylic acids is 1. The lowest BCUT2D eigenvalue weighted by molar-refractivity contribution is 0.0863. The second-order valence-electron chi connectivity index (χ2n) is 3.16. The van der Waals surface area contributed by atoms with Crippen LogP contribution in [0.5, 0.6) is 0 Å². The molecule has 0 saturated carbocycles. The molecule has 0 heterocycles. The average molecular weight is 238 g/mol. The predicted molar refractivity (Wildman–Crippen MR) is 64.3 cm³/mol. The largest absolute Gasteiger partial charge is 0.490 e. The Bertz CT molecular complexity index is 410. The first-order valence-corrected chi connectivity index (χ1v) is 5.10. The van der Waals surface area contributed by atoms with Crippen LogP contribution in [-0.2, 0) is 4.74 Å². The smallest absolute Gasteiger partial charge is 0.200 e. The Morgan fingerprint density at radius 2 is 2.06 bits per heavy atom. The van der Waals surface area contributed by atoms with Crippen LogP contribution < -0.4 is 0 Å². The van der Waals surface area contributed by atoms with Gasteiger partial charge in [0.2, 0.25) is 0 Å². The lowest BCUT2D eigenvalue weighted by Crippen LogP contribution is -2.08. The summed E-state index contributed by atoms with van der Waals surface area (Å²) >= 11 is 5.71. The van der Waals surface area contributed by atoms with Crippen molar-refractivity contribution >= 4 is 23.6 Å². The van der Waals surface area contributed by atoms with Gasteiger partial charge in [0.1, 0.15) is 0 Å². The molecule has 0 spiro atoms. The highest BCUT2D eigenvalue weighted by molar-refractivity contribution is 6.30. The van der Waals surface area contributed by atoms with E-state index < -0.39 is 0 Å². The maximum Gasteiger partial charge on any atom is 0.200 e. The summed E-state index contributed by atoms with van der Waals surface area (Å²) in [6.07, 6.45) is 2.59. The zero-order chi connectivity index (χ0) is 12.0. The third-order valence-corrected chi connectivity index (χ3v) is 2.17. The van der Waals surface area contributed by atoms with Gasteiger partial charge in [-0.15, -0.1) is 0 Å². The van der Waals surface area contributed by atoms with Gasteiger partial charge in [0.05, 0.1) is 5.76 Å². The molecule has 3 nitrogen and oxygen atoms in total. The quantitative estimate of drug-likeness (QED) is 0.486. The SMILES string of the molecule is C/C(=C\C=N)OCC(=O)c1ccc(Cl)cc1. The van der Waals surface area contributed by atoms with Crippen molar-refractivity contribution in [2.24, 2.45) is 0 Å². The molecule has 0 saturated heterocycles. The van der Waals surface area contributed by atoms with Gasteiger partial charge in [-0.05, 0) is 37.3 Å². The summed E-state index contributed by atoms with van der Waals surface area (Å²) in [6.45, 7) is 1.66. The van der Waals surface area contributed by atoms with Crippen LogP contribution in [0.25, 0.3) is 0 Å². The molecule has 4 heteroatoms. The van der Waals surface area contributed by atoms with Crippen molar-refractivity contribution in [3.8, 4) is 0 Å². The molecule has 0 radical (unpaired) electrons. The lowest BCUT2D eigenvalue weighted by Gasteiger charge is -2.04. The second-order valence-corrected chi connectivity index (χ2v) is 3.60. The maximum absolute atomic E-state index is 11.6. The Kier molecular flexibility index (Phi) is 4.73. The van der Waals surface area contributed by atoms with Gasteiger partial charge in [-0.25, -0.2) is 0 Å². The summed E-state index contributed by atoms with van der Waals surface area (Å²) in [5.74, 6) is 0.423. The van der Waals surface area contributed by atoms with E-state index in [9.17, 15) is 4.79 Å². The highest BCUT2D eigenvalue weighted by Gasteiger charge is 2.05. The number of allylic oxidation sites excluding steroid dienone is 2. The number of rotatable bonds is 5. The van der Waals surface area contributed by atoms with Gasteiger partial charge in [0.15, 0.2) is 12.4 Å². The van der Waals surface area contributed by atoms with E-state index in [0.717, 1.165) is 6.21 Å². The van der Waals surface area contributed by atoms with Gasteiger partial charge in [0.25, 0.3) is 0 Å². The molecule has 16 heavy (non-hydrogen) atoms. The summed E-state index contributed by atoms with van der Waals surface area (Å²) < 4.78 is 5.16. The maximum atomic E-state index is 11.6. The Labute approximate surface area is 99.2 Å². The van der Waals surface area contributed by atoms with Crippen LogP contribution in [0, 0.1) is 5.41 Å². The van der Waals surface area contributed by atoms with Gasteiger partial charge in [-0.1, -0.05) is 11.6 Å². The number of Topliss-reactive ketones (excluding diaryl/α,β-unsaturated/α-hetero) is 1. The minimum absolute atomic E-state index is 0.0300. The summed E-state index contributed by atoms with van der Waals surface area (Å²) in [7, 11) is 0. The predicted octanol–water partition coefficient (Wildman–Crippen LogP) is 3.09. The number of ketones is 1. The number of carbonyl (C=O) groups is 1. The van der Waals surface area contributed by atoms with Crippen molar-refractivity contribution < 1.29 is 9.53 Å². The van der Waals surface area contributed by atoms with Gasteiger partial charge in [0, 0.05) is 16.8 Å². The molecule has 1 rings (SSSR count). The Hall–Kier alpha value is -1.61. The molecule has 0 fully saturated rings. The molecule has 0 aromatic heterocycles. The van der Waals surface area contributed by atoms with Crippen molar-refractivity contribution in [3.05, 3.63) is 46.7 Å². The Morgan fingerprint density at radius 3 is 2.62 bits per heavy atom. The molecule has 0 aliphatic rings. The van der Waals surface area contributed by atoms with Crippen LogP contribution >= 0.6 is 11.6 Å². The molecule has 84 valence electrons. The summed E-state index contributed by atoms with van der Waals surface area (Å²) in [5, 5.41) is 7.42. The molecule has 1 N–H and O–H groups in total. The molecule has 1 aromatic rings. The van der Waals surface area contributed by atoms with Crippen molar-refractivity contribution in [1.29, 1.82) is 5.41 Å². The third-order valence-electron chi connectivity index (χ3n) is 1.92. The van der Waals surface area contributed by atoms with Gasteiger partial charge in [-0.2, -0.15) is 0 Å². The molecule has 0 aliphatic heterocycles. The van der Waals surface area contributed by atoms with Crippen molar-refractivity contribution in [2.45, 2.75) is 6.92 Å². The Balaban J connectivity index is 2.56. The summed E-state index contributed by atoms with van der Waals surface area (Å²) in [6, 6.07) is 6.64. The first kappa shape index (κ1) is 12.5. The monoisotopic (exact) mass is 237 g/mol.